The zero-order chi connectivity index (χ0) is 56.6. The summed E-state index contributed by atoms with van der Waals surface area (Å²) < 4.78 is 10.1. The topological polar surface area (TPSA) is 62.9 Å². The molecule has 0 N–H and O–H groups in total. The molecule has 0 radical (unpaired) electrons. The van der Waals surface area contributed by atoms with Gasteiger partial charge in [0.05, 0.1) is 112 Å². The molecule has 8 heteroatoms. The Bertz CT molecular complexity index is 5180. The number of nitrogens with zero attached hydrogens (tertiary/aromatic N) is 8. The molecular formula is C78H48N8. The van der Waals surface area contributed by atoms with Gasteiger partial charge in [0.25, 0.3) is 0 Å². The van der Waals surface area contributed by atoms with Crippen molar-refractivity contribution in [3.63, 3.8) is 0 Å². The van der Waals surface area contributed by atoms with Crippen molar-refractivity contribution in [2.24, 2.45) is 0 Å². The van der Waals surface area contributed by atoms with Gasteiger partial charge in [0.1, 0.15) is 6.07 Å². The molecule has 6 heterocycles. The zero-order valence-corrected chi connectivity index (χ0v) is 46.3. The first-order valence-corrected chi connectivity index (χ1v) is 29.1. The molecule has 0 atom stereocenters. The summed E-state index contributed by atoms with van der Waals surface area (Å²) in [6.45, 7) is 0. The van der Waals surface area contributed by atoms with Gasteiger partial charge in [0.2, 0.25) is 0 Å². The van der Waals surface area contributed by atoms with Crippen LogP contribution in [0.3, 0.4) is 0 Å². The number of pyridine rings is 1. The number of hydrogen-bond acceptors (Lipinski definition) is 4. The number of para-hydroxylation sites is 13. The molecule has 0 spiro atoms. The van der Waals surface area contributed by atoms with Crippen molar-refractivity contribution in [3.05, 3.63) is 297 Å². The van der Waals surface area contributed by atoms with E-state index in [0.717, 1.165) is 150 Å². The molecule has 1 aliphatic heterocycles. The molecule has 0 saturated carbocycles. The van der Waals surface area contributed by atoms with Crippen LogP contribution in [0.4, 0.5) is 34.1 Å². The van der Waals surface area contributed by atoms with E-state index >= 15 is 0 Å². The molecular weight excluding hydrogens is 1050 g/mol. The number of rotatable bonds is 7. The van der Waals surface area contributed by atoms with E-state index in [2.05, 4.69) is 313 Å². The molecule has 5 aromatic heterocycles. The molecule has 0 amide bonds. The first-order valence-electron chi connectivity index (χ1n) is 29.1. The average Bonchev–Trinajstić information content (AvgIpc) is 1.37. The Morgan fingerprint density at radius 3 is 0.837 bits per heavy atom. The Kier molecular flexibility index (Phi) is 10.3. The molecule has 8 nitrogen and oxygen atoms in total. The van der Waals surface area contributed by atoms with E-state index in [4.69, 9.17) is 4.98 Å². The minimum Gasteiger partial charge on any atom is -0.306 e. The Balaban J connectivity index is 1.22. The third-order valence-electron chi connectivity index (χ3n) is 17.7. The molecule has 12 aromatic carbocycles. The number of benzene rings is 12. The van der Waals surface area contributed by atoms with Gasteiger partial charge in [-0.05, 0) is 97.1 Å². The average molecular weight is 1100 g/mol. The van der Waals surface area contributed by atoms with Gasteiger partial charge in [0.15, 0.2) is 0 Å². The van der Waals surface area contributed by atoms with Crippen molar-refractivity contribution in [1.29, 1.82) is 5.26 Å². The number of anilines is 6. The number of nitriles is 1. The molecule has 400 valence electrons. The van der Waals surface area contributed by atoms with Crippen LogP contribution < -0.4 is 9.80 Å². The van der Waals surface area contributed by atoms with Crippen molar-refractivity contribution in [1.82, 2.24) is 23.3 Å². The normalized spacial score (nSPS) is 12.4. The molecule has 1 aliphatic rings. The molecule has 18 rings (SSSR count). The largest absolute Gasteiger partial charge is 0.306 e. The number of hydrogen-bond donors (Lipinski definition) is 0. The molecule has 0 bridgehead atoms. The lowest BCUT2D eigenvalue weighted by Gasteiger charge is -2.42. The summed E-state index contributed by atoms with van der Waals surface area (Å²) in [6, 6.07) is 106. The zero-order valence-electron chi connectivity index (χ0n) is 46.3. The van der Waals surface area contributed by atoms with Crippen molar-refractivity contribution in [2.75, 3.05) is 9.80 Å². The van der Waals surface area contributed by atoms with Gasteiger partial charge < -0.3 is 28.1 Å². The second-order valence-electron chi connectivity index (χ2n) is 22.1. The molecule has 0 saturated heterocycles. The summed E-state index contributed by atoms with van der Waals surface area (Å²) in [5.74, 6) is 0. The van der Waals surface area contributed by atoms with Crippen LogP contribution in [-0.4, -0.2) is 23.3 Å². The fourth-order valence-electron chi connectivity index (χ4n) is 14.3. The summed E-state index contributed by atoms with van der Waals surface area (Å²) in [4.78, 5) is 10.5. The van der Waals surface area contributed by atoms with Crippen LogP contribution in [0.15, 0.2) is 291 Å². The minimum atomic E-state index is 0.469. The van der Waals surface area contributed by atoms with Gasteiger partial charge in [-0.15, -0.1) is 0 Å². The Hall–Kier alpha value is -11.9. The maximum absolute atomic E-state index is 10.6. The van der Waals surface area contributed by atoms with Crippen LogP contribution in [0, 0.1) is 11.3 Å². The fourth-order valence-corrected chi connectivity index (χ4v) is 14.3. The highest BCUT2D eigenvalue weighted by molar-refractivity contribution is 6.20. The first-order chi connectivity index (χ1) is 42.7. The first kappa shape index (κ1) is 47.7. The summed E-state index contributed by atoms with van der Waals surface area (Å²) in [6.07, 6.45) is 1.74. The Labute approximate surface area is 494 Å². The smallest absolute Gasteiger partial charge is 0.101 e. The van der Waals surface area contributed by atoms with Crippen LogP contribution in [0.25, 0.3) is 121 Å². The highest BCUT2D eigenvalue weighted by atomic mass is 15.3. The highest BCUT2D eigenvalue weighted by Gasteiger charge is 2.41. The van der Waals surface area contributed by atoms with E-state index in [1.54, 1.807) is 6.20 Å². The maximum Gasteiger partial charge on any atom is 0.101 e. The predicted molar refractivity (Wildman–Crippen MR) is 355 cm³/mol. The molecule has 86 heavy (non-hydrogen) atoms. The minimum absolute atomic E-state index is 0.469. The number of aromatic nitrogens is 5. The van der Waals surface area contributed by atoms with Crippen molar-refractivity contribution in [2.45, 2.75) is 0 Å². The Morgan fingerprint density at radius 1 is 0.256 bits per heavy atom. The van der Waals surface area contributed by atoms with Crippen molar-refractivity contribution >= 4 is 121 Å². The lowest BCUT2D eigenvalue weighted by atomic mass is 9.95. The van der Waals surface area contributed by atoms with E-state index in [-0.39, 0.29) is 0 Å². The van der Waals surface area contributed by atoms with E-state index in [1.165, 1.54) is 0 Å². The van der Waals surface area contributed by atoms with Crippen LogP contribution in [-0.2, 0) is 0 Å². The molecule has 0 fully saturated rings. The van der Waals surface area contributed by atoms with Crippen molar-refractivity contribution < 1.29 is 0 Å². The van der Waals surface area contributed by atoms with E-state index in [9.17, 15) is 5.26 Å². The second kappa shape index (κ2) is 18.5. The lowest BCUT2D eigenvalue weighted by Crippen LogP contribution is -2.27. The van der Waals surface area contributed by atoms with Crippen molar-refractivity contribution in [3.8, 4) is 40.1 Å². The third-order valence-corrected chi connectivity index (χ3v) is 17.7. The van der Waals surface area contributed by atoms with E-state index < -0.39 is 0 Å². The van der Waals surface area contributed by atoms with Gasteiger partial charge in [-0.1, -0.05) is 188 Å². The lowest BCUT2D eigenvalue weighted by molar-refractivity contribution is 1.02. The summed E-state index contributed by atoms with van der Waals surface area (Å²) >= 11 is 0. The molecule has 0 unspecified atom stereocenters. The number of fused-ring (bicyclic) bond motifs is 14. The standard InChI is InChI=1S/C78H48N8/c79-48-50-46-47-60(80-49-50)73-74(82-61-34-12-4-26-52(61)53-27-5-13-35-62(53)82)76(84-65-38-16-8-30-56(65)57-31-9-17-39-66(57)84)78(86-71-44-22-20-42-69(71)81(51-24-2-1-3-25-51)70-43-21-23-45-72(70)86)77(85-67-40-18-10-32-58(67)59-33-11-19-41-68(59)85)75(73)83-63-36-14-6-28-54(63)55-29-7-15-37-64(55)83/h1-47,49H. The summed E-state index contributed by atoms with van der Waals surface area (Å²) in [5.41, 5.74) is 20.0. The van der Waals surface area contributed by atoms with Crippen LogP contribution in [0.1, 0.15) is 5.56 Å². The Morgan fingerprint density at radius 2 is 0.535 bits per heavy atom. The predicted octanol–water partition coefficient (Wildman–Crippen LogP) is 20.3. The second-order valence-corrected chi connectivity index (χ2v) is 22.1. The highest BCUT2D eigenvalue weighted by Crippen LogP contribution is 2.61. The van der Waals surface area contributed by atoms with Gasteiger partial charge >= 0.3 is 0 Å². The maximum atomic E-state index is 10.6. The summed E-state index contributed by atoms with van der Waals surface area (Å²) in [5, 5.41) is 19.6. The van der Waals surface area contributed by atoms with E-state index in [0.29, 0.717) is 11.3 Å². The van der Waals surface area contributed by atoms with Gasteiger partial charge in [-0.2, -0.15) is 5.26 Å². The van der Waals surface area contributed by atoms with Crippen LogP contribution >= 0.6 is 0 Å². The monoisotopic (exact) mass is 1100 g/mol. The molecule has 0 aliphatic carbocycles. The van der Waals surface area contributed by atoms with Gasteiger partial charge in [0, 0.05) is 55.0 Å². The van der Waals surface area contributed by atoms with Crippen LogP contribution in [0.2, 0.25) is 0 Å². The third kappa shape index (κ3) is 6.65. The van der Waals surface area contributed by atoms with E-state index in [1.807, 2.05) is 6.07 Å². The van der Waals surface area contributed by atoms with Crippen LogP contribution in [0.5, 0.6) is 0 Å². The molecule has 17 aromatic rings. The van der Waals surface area contributed by atoms with Gasteiger partial charge in [-0.3, -0.25) is 4.98 Å². The van der Waals surface area contributed by atoms with Gasteiger partial charge in [-0.25, -0.2) is 0 Å². The summed E-state index contributed by atoms with van der Waals surface area (Å²) in [7, 11) is 0. The SMILES string of the molecule is N#Cc1ccc(-c2c(-n3c4ccccc4c4ccccc43)c(-n3c4ccccc4c4ccccc43)c(N3c4ccccc4N(c4ccccc4)c4ccccc43)c(-n3c4ccccc4c4ccccc43)c2-n2c3ccccc3c3ccccc32)nc1. The quantitative estimate of drug-likeness (QED) is 0.160. The fraction of sp³-hybridized carbons (Fsp3) is 0.